The van der Waals surface area contributed by atoms with Gasteiger partial charge in [0.05, 0.1) is 4.88 Å². The van der Waals surface area contributed by atoms with Crippen LogP contribution in [-0.4, -0.2) is 18.2 Å². The lowest BCUT2D eigenvalue weighted by molar-refractivity contribution is 0.365. The van der Waals surface area contributed by atoms with Crippen LogP contribution in [-0.2, 0) is 6.42 Å². The van der Waals surface area contributed by atoms with E-state index in [4.69, 9.17) is 4.52 Å². The Hall–Kier alpha value is -2.07. The van der Waals surface area contributed by atoms with Crippen LogP contribution in [0.3, 0.4) is 0 Å². The van der Waals surface area contributed by atoms with Gasteiger partial charge >= 0.3 is 0 Å². The Morgan fingerprint density at radius 3 is 2.65 bits per heavy atom. The van der Waals surface area contributed by atoms with Crippen LogP contribution in [0.2, 0.25) is 0 Å². The molecule has 1 saturated heterocycles. The standard InChI is InChI=1S/C19H20N2OS/c1-2-5-15(6-3-1)13-16-8-10-21(11-9-16)19-14-17(20-22-19)18-7-4-12-23-18/h1-7,12,14,16H,8-11,13H2. The van der Waals surface area contributed by atoms with Crippen molar-refractivity contribution in [1.29, 1.82) is 0 Å². The van der Waals surface area contributed by atoms with Gasteiger partial charge < -0.3 is 9.42 Å². The van der Waals surface area contributed by atoms with Crippen molar-refractivity contribution in [1.82, 2.24) is 5.16 Å². The van der Waals surface area contributed by atoms with Gasteiger partial charge in [-0.1, -0.05) is 41.6 Å². The van der Waals surface area contributed by atoms with Crippen LogP contribution in [0.25, 0.3) is 10.6 Å². The number of hydrogen-bond acceptors (Lipinski definition) is 4. The van der Waals surface area contributed by atoms with E-state index >= 15 is 0 Å². The Bertz CT molecular complexity index is 728. The van der Waals surface area contributed by atoms with Crippen molar-refractivity contribution in [3.8, 4) is 10.6 Å². The molecule has 118 valence electrons. The van der Waals surface area contributed by atoms with Gasteiger partial charge in [-0.2, -0.15) is 0 Å². The molecule has 0 radical (unpaired) electrons. The Kier molecular flexibility index (Phi) is 4.16. The first kappa shape index (κ1) is 14.5. The number of benzene rings is 1. The summed E-state index contributed by atoms with van der Waals surface area (Å²) >= 11 is 1.70. The SMILES string of the molecule is c1ccc(CC2CCN(c3cc(-c4cccs4)no3)CC2)cc1. The van der Waals surface area contributed by atoms with Gasteiger partial charge in [0.1, 0.15) is 5.69 Å². The van der Waals surface area contributed by atoms with Gasteiger partial charge in [-0.15, -0.1) is 11.3 Å². The molecule has 1 aromatic carbocycles. The van der Waals surface area contributed by atoms with Gasteiger partial charge in [0, 0.05) is 19.2 Å². The number of thiophene rings is 1. The zero-order valence-corrected chi connectivity index (χ0v) is 13.8. The highest BCUT2D eigenvalue weighted by molar-refractivity contribution is 7.13. The monoisotopic (exact) mass is 324 g/mol. The van der Waals surface area contributed by atoms with Gasteiger partial charge in [0.2, 0.25) is 5.88 Å². The number of hydrogen-bond donors (Lipinski definition) is 0. The fourth-order valence-electron chi connectivity index (χ4n) is 3.26. The van der Waals surface area contributed by atoms with Crippen LogP contribution in [0.5, 0.6) is 0 Å². The minimum atomic E-state index is 0.772. The van der Waals surface area contributed by atoms with Gasteiger partial charge in [0.25, 0.3) is 0 Å². The van der Waals surface area contributed by atoms with E-state index in [1.165, 1.54) is 29.7 Å². The maximum atomic E-state index is 5.56. The van der Waals surface area contributed by atoms with Crippen LogP contribution >= 0.6 is 11.3 Å². The number of anilines is 1. The molecule has 0 amide bonds. The number of aromatic nitrogens is 1. The van der Waals surface area contributed by atoms with Crippen molar-refractivity contribution in [3.63, 3.8) is 0 Å². The fraction of sp³-hybridized carbons (Fsp3) is 0.316. The van der Waals surface area contributed by atoms with E-state index in [0.29, 0.717) is 0 Å². The van der Waals surface area contributed by atoms with E-state index in [1.807, 2.05) is 6.07 Å². The third-order valence-electron chi connectivity index (χ3n) is 4.56. The number of rotatable bonds is 4. The zero-order chi connectivity index (χ0) is 15.5. The Morgan fingerprint density at radius 2 is 1.91 bits per heavy atom. The molecule has 3 heterocycles. The van der Waals surface area contributed by atoms with Crippen LogP contribution < -0.4 is 4.90 Å². The first-order valence-corrected chi connectivity index (χ1v) is 9.06. The van der Waals surface area contributed by atoms with E-state index < -0.39 is 0 Å². The molecule has 3 nitrogen and oxygen atoms in total. The average Bonchev–Trinajstić information content (AvgIpc) is 3.28. The molecule has 0 aliphatic carbocycles. The fourth-order valence-corrected chi connectivity index (χ4v) is 3.94. The highest BCUT2D eigenvalue weighted by atomic mass is 32.1. The summed E-state index contributed by atoms with van der Waals surface area (Å²) in [7, 11) is 0. The second-order valence-electron chi connectivity index (χ2n) is 6.15. The summed E-state index contributed by atoms with van der Waals surface area (Å²) in [5.74, 6) is 1.68. The maximum Gasteiger partial charge on any atom is 0.227 e. The highest BCUT2D eigenvalue weighted by Crippen LogP contribution is 2.30. The smallest absolute Gasteiger partial charge is 0.227 e. The van der Waals surface area contributed by atoms with E-state index in [2.05, 4.69) is 57.9 Å². The van der Waals surface area contributed by atoms with Crippen molar-refractivity contribution in [3.05, 3.63) is 59.5 Å². The molecular weight excluding hydrogens is 304 g/mol. The summed E-state index contributed by atoms with van der Waals surface area (Å²) in [5, 5.41) is 6.28. The molecule has 0 unspecified atom stereocenters. The third kappa shape index (κ3) is 3.32. The summed E-state index contributed by atoms with van der Waals surface area (Å²) in [4.78, 5) is 3.49. The number of piperidine rings is 1. The van der Waals surface area contributed by atoms with Gasteiger partial charge in [-0.25, -0.2) is 0 Å². The highest BCUT2D eigenvalue weighted by Gasteiger charge is 2.22. The molecule has 4 rings (SSSR count). The quantitative estimate of drug-likeness (QED) is 0.686. The van der Waals surface area contributed by atoms with Crippen molar-refractivity contribution in [2.75, 3.05) is 18.0 Å². The molecule has 0 N–H and O–H groups in total. The predicted molar refractivity (Wildman–Crippen MR) is 94.9 cm³/mol. The van der Waals surface area contributed by atoms with Crippen molar-refractivity contribution in [2.24, 2.45) is 5.92 Å². The topological polar surface area (TPSA) is 29.3 Å². The van der Waals surface area contributed by atoms with Crippen molar-refractivity contribution in [2.45, 2.75) is 19.3 Å². The molecule has 0 bridgehead atoms. The van der Waals surface area contributed by atoms with Crippen LogP contribution in [0.1, 0.15) is 18.4 Å². The molecular formula is C19H20N2OS. The van der Waals surface area contributed by atoms with E-state index in [0.717, 1.165) is 30.6 Å². The van der Waals surface area contributed by atoms with Crippen molar-refractivity contribution >= 4 is 17.2 Å². The molecule has 1 fully saturated rings. The first-order chi connectivity index (χ1) is 11.4. The largest absolute Gasteiger partial charge is 0.341 e. The predicted octanol–water partition coefficient (Wildman–Crippen LogP) is 4.86. The van der Waals surface area contributed by atoms with E-state index in [9.17, 15) is 0 Å². The molecule has 1 aliphatic rings. The molecule has 4 heteroatoms. The van der Waals surface area contributed by atoms with Crippen LogP contribution in [0, 0.1) is 5.92 Å². The molecule has 2 aromatic heterocycles. The minimum Gasteiger partial charge on any atom is -0.341 e. The van der Waals surface area contributed by atoms with Crippen LogP contribution in [0.4, 0.5) is 5.88 Å². The first-order valence-electron chi connectivity index (χ1n) is 8.18. The molecule has 23 heavy (non-hydrogen) atoms. The summed E-state index contributed by atoms with van der Waals surface area (Å²) in [6, 6.07) is 17.0. The lowest BCUT2D eigenvalue weighted by Gasteiger charge is -2.31. The molecule has 0 atom stereocenters. The van der Waals surface area contributed by atoms with Crippen molar-refractivity contribution < 1.29 is 4.52 Å². The van der Waals surface area contributed by atoms with Gasteiger partial charge in [-0.05, 0) is 42.2 Å². The summed E-state index contributed by atoms with van der Waals surface area (Å²) in [5.41, 5.74) is 2.40. The van der Waals surface area contributed by atoms with Gasteiger partial charge in [-0.3, -0.25) is 0 Å². The number of nitrogens with zero attached hydrogens (tertiary/aromatic N) is 2. The zero-order valence-electron chi connectivity index (χ0n) is 13.0. The van der Waals surface area contributed by atoms with Gasteiger partial charge in [0.15, 0.2) is 0 Å². The minimum absolute atomic E-state index is 0.772. The molecule has 3 aromatic rings. The third-order valence-corrected chi connectivity index (χ3v) is 5.46. The van der Waals surface area contributed by atoms with E-state index in [-0.39, 0.29) is 0 Å². The second-order valence-corrected chi connectivity index (χ2v) is 7.10. The summed E-state index contributed by atoms with van der Waals surface area (Å²) in [6.07, 6.45) is 3.61. The normalized spacial score (nSPS) is 15.9. The second kappa shape index (κ2) is 6.59. The van der Waals surface area contributed by atoms with E-state index in [1.54, 1.807) is 11.3 Å². The Morgan fingerprint density at radius 1 is 1.09 bits per heavy atom. The maximum absolute atomic E-state index is 5.56. The Balaban J connectivity index is 1.36. The Labute approximate surface area is 140 Å². The average molecular weight is 324 g/mol. The molecule has 1 aliphatic heterocycles. The van der Waals surface area contributed by atoms with Crippen LogP contribution in [0.15, 0.2) is 58.4 Å². The summed E-state index contributed by atoms with van der Waals surface area (Å²) < 4.78 is 5.56. The lowest BCUT2D eigenvalue weighted by atomic mass is 9.90. The summed E-state index contributed by atoms with van der Waals surface area (Å²) in [6.45, 7) is 2.10. The molecule has 0 spiro atoms. The lowest BCUT2D eigenvalue weighted by Crippen LogP contribution is -2.34. The molecule has 0 saturated carbocycles.